The SMILES string of the molecule is CC[C@H](CO)NC(=O)c1sc2ccccc2c1Cl. The molecule has 1 amide bonds. The highest BCUT2D eigenvalue weighted by atomic mass is 35.5. The molecule has 0 aliphatic carbocycles. The normalized spacial score (nSPS) is 12.6. The third-order valence-electron chi connectivity index (χ3n) is 2.79. The van der Waals surface area contributed by atoms with Crippen LogP contribution in [0.25, 0.3) is 10.1 Å². The number of hydrogen-bond acceptors (Lipinski definition) is 3. The number of halogens is 1. The Bertz CT molecular complexity index is 563. The number of carbonyl (C=O) groups is 1. The molecular formula is C13H14ClNO2S. The Morgan fingerprint density at radius 2 is 2.22 bits per heavy atom. The maximum atomic E-state index is 12.1. The fourth-order valence-corrected chi connectivity index (χ4v) is 3.11. The van der Waals surface area contributed by atoms with Gasteiger partial charge in [0.05, 0.1) is 17.7 Å². The first-order valence-corrected chi connectivity index (χ1v) is 6.95. The highest BCUT2D eigenvalue weighted by Crippen LogP contribution is 2.34. The number of benzene rings is 1. The van der Waals surface area contributed by atoms with Crippen LogP contribution in [0.4, 0.5) is 0 Å². The van der Waals surface area contributed by atoms with Gasteiger partial charge in [-0.25, -0.2) is 0 Å². The van der Waals surface area contributed by atoms with E-state index in [1.165, 1.54) is 11.3 Å². The second-order valence-electron chi connectivity index (χ2n) is 4.00. The highest BCUT2D eigenvalue weighted by molar-refractivity contribution is 7.21. The van der Waals surface area contributed by atoms with Gasteiger partial charge in [0.2, 0.25) is 0 Å². The van der Waals surface area contributed by atoms with E-state index in [2.05, 4.69) is 5.32 Å². The number of aliphatic hydroxyl groups excluding tert-OH is 1. The van der Waals surface area contributed by atoms with Crippen molar-refractivity contribution in [2.75, 3.05) is 6.61 Å². The molecule has 1 aromatic heterocycles. The molecule has 96 valence electrons. The lowest BCUT2D eigenvalue weighted by molar-refractivity contribution is 0.0919. The zero-order chi connectivity index (χ0) is 13.1. The van der Waals surface area contributed by atoms with Crippen molar-refractivity contribution in [3.63, 3.8) is 0 Å². The van der Waals surface area contributed by atoms with Crippen molar-refractivity contribution in [1.82, 2.24) is 5.32 Å². The lowest BCUT2D eigenvalue weighted by Gasteiger charge is -2.13. The molecule has 0 saturated heterocycles. The largest absolute Gasteiger partial charge is 0.394 e. The summed E-state index contributed by atoms with van der Waals surface area (Å²) < 4.78 is 0.990. The summed E-state index contributed by atoms with van der Waals surface area (Å²) in [6, 6.07) is 7.42. The van der Waals surface area contributed by atoms with Crippen molar-refractivity contribution in [3.05, 3.63) is 34.2 Å². The molecule has 2 N–H and O–H groups in total. The van der Waals surface area contributed by atoms with Crippen molar-refractivity contribution in [3.8, 4) is 0 Å². The van der Waals surface area contributed by atoms with Crippen molar-refractivity contribution in [2.45, 2.75) is 19.4 Å². The van der Waals surface area contributed by atoms with Crippen LogP contribution in [0.5, 0.6) is 0 Å². The van der Waals surface area contributed by atoms with Crippen LogP contribution in [0.15, 0.2) is 24.3 Å². The molecule has 2 aromatic rings. The smallest absolute Gasteiger partial charge is 0.263 e. The van der Waals surface area contributed by atoms with Crippen LogP contribution in [0.2, 0.25) is 5.02 Å². The molecule has 1 atom stereocenters. The van der Waals surface area contributed by atoms with Gasteiger partial charge >= 0.3 is 0 Å². The number of nitrogens with one attached hydrogen (secondary N) is 1. The zero-order valence-corrected chi connectivity index (χ0v) is 11.5. The average molecular weight is 284 g/mol. The molecule has 0 bridgehead atoms. The molecule has 1 aromatic carbocycles. The van der Waals surface area contributed by atoms with Crippen LogP contribution < -0.4 is 5.32 Å². The molecule has 18 heavy (non-hydrogen) atoms. The Morgan fingerprint density at radius 3 is 2.83 bits per heavy atom. The molecule has 0 radical (unpaired) electrons. The quantitative estimate of drug-likeness (QED) is 0.906. The van der Waals surface area contributed by atoms with Crippen LogP contribution in [-0.4, -0.2) is 23.7 Å². The summed E-state index contributed by atoms with van der Waals surface area (Å²) in [6.45, 7) is 1.85. The summed E-state index contributed by atoms with van der Waals surface area (Å²) in [4.78, 5) is 12.6. The number of carbonyl (C=O) groups excluding carboxylic acids is 1. The molecule has 0 spiro atoms. The average Bonchev–Trinajstić information content (AvgIpc) is 2.74. The van der Waals surface area contributed by atoms with Gasteiger partial charge < -0.3 is 10.4 Å². The van der Waals surface area contributed by atoms with E-state index in [4.69, 9.17) is 16.7 Å². The third-order valence-corrected chi connectivity index (χ3v) is 4.46. The molecule has 2 rings (SSSR count). The van der Waals surface area contributed by atoms with E-state index in [0.29, 0.717) is 16.3 Å². The minimum Gasteiger partial charge on any atom is -0.394 e. The Hall–Kier alpha value is -1.10. The third kappa shape index (κ3) is 2.51. The molecule has 0 fully saturated rings. The van der Waals surface area contributed by atoms with Gasteiger partial charge in [-0.3, -0.25) is 4.79 Å². The molecule has 1 heterocycles. The molecule has 0 aliphatic heterocycles. The van der Waals surface area contributed by atoms with Gasteiger partial charge in [-0.05, 0) is 12.5 Å². The fraction of sp³-hybridized carbons (Fsp3) is 0.308. The van der Waals surface area contributed by atoms with E-state index >= 15 is 0 Å². The van der Waals surface area contributed by atoms with Crippen LogP contribution in [0, 0.1) is 0 Å². The van der Waals surface area contributed by atoms with Gasteiger partial charge in [-0.1, -0.05) is 36.7 Å². The van der Waals surface area contributed by atoms with Crippen LogP contribution in [-0.2, 0) is 0 Å². The summed E-state index contributed by atoms with van der Waals surface area (Å²) >= 11 is 7.58. The lowest BCUT2D eigenvalue weighted by atomic mass is 10.2. The van der Waals surface area contributed by atoms with E-state index in [1.807, 2.05) is 31.2 Å². The number of fused-ring (bicyclic) bond motifs is 1. The monoisotopic (exact) mass is 283 g/mol. The van der Waals surface area contributed by atoms with Gasteiger partial charge in [0.1, 0.15) is 4.88 Å². The van der Waals surface area contributed by atoms with Crippen molar-refractivity contribution >= 4 is 38.9 Å². The number of hydrogen-bond donors (Lipinski definition) is 2. The molecule has 0 aliphatic rings. The van der Waals surface area contributed by atoms with Gasteiger partial charge in [0, 0.05) is 10.1 Å². The standard InChI is InChI=1S/C13H14ClNO2S/c1-2-8(7-16)15-13(17)12-11(14)9-5-3-4-6-10(9)18-12/h3-6,8,16H,2,7H2,1H3,(H,15,17)/t8-/m1/s1. The molecule has 0 saturated carbocycles. The van der Waals surface area contributed by atoms with Gasteiger partial charge in [0.25, 0.3) is 5.91 Å². The van der Waals surface area contributed by atoms with E-state index in [9.17, 15) is 4.79 Å². The number of amides is 1. The van der Waals surface area contributed by atoms with Crippen LogP contribution in [0.1, 0.15) is 23.0 Å². The summed E-state index contributed by atoms with van der Waals surface area (Å²) in [5, 5.41) is 13.2. The fourth-order valence-electron chi connectivity index (χ4n) is 1.69. The summed E-state index contributed by atoms with van der Waals surface area (Å²) in [5.41, 5.74) is 0. The molecule has 3 nitrogen and oxygen atoms in total. The van der Waals surface area contributed by atoms with E-state index in [1.54, 1.807) is 0 Å². The first kappa shape index (κ1) is 13.3. The number of aliphatic hydroxyl groups is 1. The van der Waals surface area contributed by atoms with Gasteiger partial charge in [0.15, 0.2) is 0 Å². The van der Waals surface area contributed by atoms with E-state index in [0.717, 1.165) is 10.1 Å². The Balaban J connectivity index is 2.30. The lowest BCUT2D eigenvalue weighted by Crippen LogP contribution is -2.36. The Kier molecular flexibility index (Phi) is 4.22. The van der Waals surface area contributed by atoms with E-state index < -0.39 is 0 Å². The number of thiophene rings is 1. The Labute approximate surface area is 114 Å². The summed E-state index contributed by atoms with van der Waals surface area (Å²) in [5.74, 6) is -0.220. The van der Waals surface area contributed by atoms with Gasteiger partial charge in [-0.15, -0.1) is 11.3 Å². The van der Waals surface area contributed by atoms with Crippen molar-refractivity contribution < 1.29 is 9.90 Å². The zero-order valence-electron chi connectivity index (χ0n) is 9.94. The minimum absolute atomic E-state index is 0.0647. The first-order valence-electron chi connectivity index (χ1n) is 5.76. The first-order chi connectivity index (χ1) is 8.67. The summed E-state index contributed by atoms with van der Waals surface area (Å²) in [6.07, 6.45) is 0.685. The second-order valence-corrected chi connectivity index (χ2v) is 5.43. The molecule has 5 heteroatoms. The maximum absolute atomic E-state index is 12.1. The predicted molar refractivity (Wildman–Crippen MR) is 75.5 cm³/mol. The van der Waals surface area contributed by atoms with Crippen LogP contribution in [0.3, 0.4) is 0 Å². The maximum Gasteiger partial charge on any atom is 0.263 e. The Morgan fingerprint density at radius 1 is 1.50 bits per heavy atom. The van der Waals surface area contributed by atoms with E-state index in [-0.39, 0.29) is 18.6 Å². The minimum atomic E-state index is -0.223. The van der Waals surface area contributed by atoms with Crippen molar-refractivity contribution in [1.29, 1.82) is 0 Å². The van der Waals surface area contributed by atoms with Crippen LogP contribution >= 0.6 is 22.9 Å². The second kappa shape index (κ2) is 5.69. The van der Waals surface area contributed by atoms with Crippen molar-refractivity contribution in [2.24, 2.45) is 0 Å². The van der Waals surface area contributed by atoms with Gasteiger partial charge in [-0.2, -0.15) is 0 Å². The molecule has 0 unspecified atom stereocenters. The number of rotatable bonds is 4. The highest BCUT2D eigenvalue weighted by Gasteiger charge is 2.18. The molecular weight excluding hydrogens is 270 g/mol. The predicted octanol–water partition coefficient (Wildman–Crippen LogP) is 3.06. The topological polar surface area (TPSA) is 49.3 Å². The summed E-state index contributed by atoms with van der Waals surface area (Å²) in [7, 11) is 0.